The van der Waals surface area contributed by atoms with Crippen LogP contribution in [0.15, 0.2) is 6.20 Å². The van der Waals surface area contributed by atoms with Gasteiger partial charge in [-0.25, -0.2) is 19.4 Å². The minimum Gasteiger partial charge on any atom is -0.463 e. The van der Waals surface area contributed by atoms with Crippen LogP contribution in [-0.2, 0) is 28.5 Å². The van der Waals surface area contributed by atoms with Gasteiger partial charge in [0.1, 0.15) is 11.4 Å². The molecule has 0 aliphatic carbocycles. The molecule has 4 heterocycles. The number of fused-ring (bicyclic) bond motifs is 2. The normalized spacial score (nSPS) is 18.7. The summed E-state index contributed by atoms with van der Waals surface area (Å²) in [5.74, 6) is 0.979. The van der Waals surface area contributed by atoms with Crippen molar-refractivity contribution in [2.75, 3.05) is 31.7 Å². The van der Waals surface area contributed by atoms with Gasteiger partial charge in [0, 0.05) is 26.3 Å². The fourth-order valence-electron chi connectivity index (χ4n) is 3.78. The molecule has 9 nitrogen and oxygen atoms in total. The smallest absolute Gasteiger partial charge is 0.378 e. The molecule has 1 fully saturated rings. The lowest BCUT2D eigenvalue weighted by atomic mass is 9.83. The molecule has 2 aromatic heterocycles. The van der Waals surface area contributed by atoms with E-state index in [2.05, 4.69) is 20.0 Å². The molecule has 26 heavy (non-hydrogen) atoms. The van der Waals surface area contributed by atoms with Crippen LogP contribution in [0.2, 0.25) is 0 Å². The van der Waals surface area contributed by atoms with Gasteiger partial charge in [-0.05, 0) is 31.7 Å². The van der Waals surface area contributed by atoms with E-state index in [1.807, 2.05) is 13.1 Å². The average Bonchev–Trinajstić information content (AvgIpc) is 3.04. The molecule has 0 N–H and O–H groups in total. The maximum absolute atomic E-state index is 11.7. The van der Waals surface area contributed by atoms with Gasteiger partial charge in [-0.3, -0.25) is 0 Å². The number of rotatable bonds is 2. The van der Waals surface area contributed by atoms with E-state index in [9.17, 15) is 4.79 Å². The summed E-state index contributed by atoms with van der Waals surface area (Å²) in [6, 6.07) is 0. The Labute approximate surface area is 151 Å². The number of nitrogens with zero attached hydrogens (tertiary/aromatic N) is 6. The zero-order chi connectivity index (χ0) is 18.3. The molecule has 0 radical (unpaired) electrons. The number of carbonyl (C=O) groups is 1. The predicted molar refractivity (Wildman–Crippen MR) is 91.9 cm³/mol. The standard InChI is InChI=1S/C17H22N6O3/c1-11-18-10-12-4-9-26-17(13(12)19-11)5-7-23(8-6-17)16-20-14(15(24)25-3)21-22(16)2/h10H,4-9H2,1-3H3. The molecule has 0 unspecified atom stereocenters. The van der Waals surface area contributed by atoms with Crippen LogP contribution in [0.5, 0.6) is 0 Å². The Balaban J connectivity index is 1.56. The van der Waals surface area contributed by atoms with Crippen LogP contribution in [0.1, 0.15) is 40.5 Å². The van der Waals surface area contributed by atoms with Crippen LogP contribution in [0, 0.1) is 6.92 Å². The highest BCUT2D eigenvalue weighted by atomic mass is 16.5. The van der Waals surface area contributed by atoms with E-state index >= 15 is 0 Å². The summed E-state index contributed by atoms with van der Waals surface area (Å²) < 4.78 is 12.5. The van der Waals surface area contributed by atoms with Crippen molar-refractivity contribution < 1.29 is 14.3 Å². The van der Waals surface area contributed by atoms with Gasteiger partial charge in [0.25, 0.3) is 5.82 Å². The maximum atomic E-state index is 11.7. The van der Waals surface area contributed by atoms with Crippen molar-refractivity contribution in [2.45, 2.75) is 31.8 Å². The third-order valence-corrected chi connectivity index (χ3v) is 5.13. The van der Waals surface area contributed by atoms with Crippen molar-refractivity contribution in [3.8, 4) is 0 Å². The second kappa shape index (κ2) is 6.31. The van der Waals surface area contributed by atoms with Gasteiger partial charge in [0.15, 0.2) is 0 Å². The number of anilines is 1. The number of hydrogen-bond donors (Lipinski definition) is 0. The third-order valence-electron chi connectivity index (χ3n) is 5.13. The Morgan fingerprint density at radius 2 is 2.08 bits per heavy atom. The molecule has 1 spiro atoms. The minimum atomic E-state index is -0.531. The monoisotopic (exact) mass is 358 g/mol. The van der Waals surface area contributed by atoms with Crippen LogP contribution in [0.25, 0.3) is 0 Å². The van der Waals surface area contributed by atoms with E-state index in [4.69, 9.17) is 14.5 Å². The Morgan fingerprint density at radius 1 is 1.31 bits per heavy atom. The second-order valence-electron chi connectivity index (χ2n) is 6.72. The van der Waals surface area contributed by atoms with Crippen molar-refractivity contribution >= 4 is 11.9 Å². The number of ether oxygens (including phenoxy) is 2. The molecular weight excluding hydrogens is 336 g/mol. The van der Waals surface area contributed by atoms with Crippen LogP contribution >= 0.6 is 0 Å². The van der Waals surface area contributed by atoms with E-state index in [0.29, 0.717) is 12.6 Å². The third kappa shape index (κ3) is 2.72. The van der Waals surface area contributed by atoms with Gasteiger partial charge in [0.2, 0.25) is 5.95 Å². The Bertz CT molecular complexity index is 841. The van der Waals surface area contributed by atoms with Crippen LogP contribution < -0.4 is 4.90 Å². The number of hydrogen-bond acceptors (Lipinski definition) is 8. The van der Waals surface area contributed by atoms with Gasteiger partial charge >= 0.3 is 5.97 Å². The Morgan fingerprint density at radius 3 is 2.81 bits per heavy atom. The molecule has 9 heteroatoms. The fraction of sp³-hybridized carbons (Fsp3) is 0.588. The highest BCUT2D eigenvalue weighted by Gasteiger charge is 2.43. The highest BCUT2D eigenvalue weighted by molar-refractivity contribution is 5.85. The summed E-state index contributed by atoms with van der Waals surface area (Å²) >= 11 is 0. The van der Waals surface area contributed by atoms with E-state index in [-0.39, 0.29) is 11.4 Å². The first kappa shape index (κ1) is 16.9. The number of piperidine rings is 1. The molecule has 1 saturated heterocycles. The fourth-order valence-corrected chi connectivity index (χ4v) is 3.78. The summed E-state index contributed by atoms with van der Waals surface area (Å²) in [5.41, 5.74) is 1.85. The minimum absolute atomic E-state index is 0.0768. The van der Waals surface area contributed by atoms with Crippen molar-refractivity contribution in [3.63, 3.8) is 0 Å². The molecule has 0 amide bonds. The number of esters is 1. The molecule has 0 saturated carbocycles. The van der Waals surface area contributed by atoms with Crippen LogP contribution in [0.4, 0.5) is 5.95 Å². The molecule has 0 bridgehead atoms. The summed E-state index contributed by atoms with van der Waals surface area (Å²) in [6.45, 7) is 4.09. The number of carbonyl (C=O) groups excluding carboxylic acids is 1. The van der Waals surface area contributed by atoms with Crippen molar-refractivity contribution in [3.05, 3.63) is 29.1 Å². The van der Waals surface area contributed by atoms with Gasteiger partial charge < -0.3 is 14.4 Å². The molecular formula is C17H22N6O3. The summed E-state index contributed by atoms with van der Waals surface area (Å²) in [4.78, 5) is 27.1. The molecule has 138 valence electrons. The largest absolute Gasteiger partial charge is 0.463 e. The lowest BCUT2D eigenvalue weighted by Gasteiger charge is -2.44. The summed E-state index contributed by atoms with van der Waals surface area (Å²) in [5, 5.41) is 4.15. The summed E-state index contributed by atoms with van der Waals surface area (Å²) in [7, 11) is 3.10. The molecule has 0 aromatic carbocycles. The quantitative estimate of drug-likeness (QED) is 0.727. The van der Waals surface area contributed by atoms with E-state index in [1.165, 1.54) is 12.7 Å². The first-order chi connectivity index (χ1) is 12.5. The lowest BCUT2D eigenvalue weighted by molar-refractivity contribution is -0.0804. The van der Waals surface area contributed by atoms with Gasteiger partial charge in [-0.15, -0.1) is 5.10 Å². The van der Waals surface area contributed by atoms with E-state index in [0.717, 1.165) is 43.9 Å². The molecule has 4 rings (SSSR count). The zero-order valence-corrected chi connectivity index (χ0v) is 15.2. The average molecular weight is 358 g/mol. The van der Waals surface area contributed by atoms with E-state index in [1.54, 1.807) is 11.7 Å². The van der Waals surface area contributed by atoms with Crippen LogP contribution in [0.3, 0.4) is 0 Å². The molecule has 0 atom stereocenters. The highest BCUT2D eigenvalue weighted by Crippen LogP contribution is 2.40. The maximum Gasteiger partial charge on any atom is 0.378 e. The SMILES string of the molecule is COC(=O)c1nc(N2CCC3(CC2)OCCc2cnc(C)nc23)n(C)n1. The first-order valence-electron chi connectivity index (χ1n) is 8.74. The van der Waals surface area contributed by atoms with Crippen molar-refractivity contribution in [2.24, 2.45) is 7.05 Å². The van der Waals surface area contributed by atoms with E-state index < -0.39 is 5.97 Å². The van der Waals surface area contributed by atoms with Gasteiger partial charge in [-0.1, -0.05) is 0 Å². The zero-order valence-electron chi connectivity index (χ0n) is 15.2. The number of aromatic nitrogens is 5. The van der Waals surface area contributed by atoms with Gasteiger partial charge in [0.05, 0.1) is 19.4 Å². The van der Waals surface area contributed by atoms with Crippen molar-refractivity contribution in [1.29, 1.82) is 0 Å². The number of methoxy groups -OCH3 is 1. The Kier molecular flexibility index (Phi) is 4.10. The first-order valence-corrected chi connectivity index (χ1v) is 8.74. The molecule has 2 aliphatic rings. The Hall–Kier alpha value is -2.55. The predicted octanol–water partition coefficient (Wildman–Crippen LogP) is 0.769. The lowest BCUT2D eigenvalue weighted by Crippen LogP contribution is -2.48. The van der Waals surface area contributed by atoms with Gasteiger partial charge in [-0.2, -0.15) is 4.98 Å². The van der Waals surface area contributed by atoms with Crippen LogP contribution in [-0.4, -0.2) is 57.5 Å². The summed E-state index contributed by atoms with van der Waals surface area (Å²) in [6.07, 6.45) is 4.39. The topological polar surface area (TPSA) is 95.3 Å². The second-order valence-corrected chi connectivity index (χ2v) is 6.72. The molecule has 2 aromatic rings. The van der Waals surface area contributed by atoms with Crippen molar-refractivity contribution in [1.82, 2.24) is 24.7 Å². The number of aryl methyl sites for hydroxylation is 2. The molecule has 2 aliphatic heterocycles.